The zero-order valence-corrected chi connectivity index (χ0v) is 9.95. The molecule has 0 atom stereocenters. The van der Waals surface area contributed by atoms with Crippen LogP contribution in [0, 0.1) is 11.3 Å². The van der Waals surface area contributed by atoms with Crippen LogP contribution in [0.25, 0.3) is 0 Å². The van der Waals surface area contributed by atoms with E-state index in [2.05, 4.69) is 0 Å². The summed E-state index contributed by atoms with van der Waals surface area (Å²) in [6, 6.07) is 8.26. The third-order valence-corrected chi connectivity index (χ3v) is 2.09. The van der Waals surface area contributed by atoms with Crippen LogP contribution in [0.4, 0.5) is 8.63 Å². The molecule has 0 bridgehead atoms. The molecule has 0 aliphatic carbocycles. The lowest BCUT2D eigenvalue weighted by Crippen LogP contribution is -2.06. The summed E-state index contributed by atoms with van der Waals surface area (Å²) in [5.41, 5.74) is 0.990. The maximum Gasteiger partial charge on any atom is 0.521 e. The van der Waals surface area contributed by atoms with Gasteiger partial charge in [-0.25, -0.2) is 0 Å². The minimum Gasteiger partial charge on any atom is -0.299 e. The summed E-state index contributed by atoms with van der Waals surface area (Å²) in [4.78, 5) is 22.6. The number of nitrogens with zero attached hydrogens (tertiary/aromatic N) is 1. The van der Waals surface area contributed by atoms with E-state index in [0.29, 0.717) is 17.5 Å². The van der Waals surface area contributed by atoms with Crippen molar-refractivity contribution in [1.29, 1.82) is 5.26 Å². The van der Waals surface area contributed by atoms with Crippen LogP contribution >= 0.6 is 0 Å². The van der Waals surface area contributed by atoms with Gasteiger partial charge < -0.3 is 0 Å². The van der Waals surface area contributed by atoms with Crippen molar-refractivity contribution in [2.45, 2.75) is 19.8 Å². The molecule has 0 aliphatic heterocycles. The molecule has 0 heterocycles. The summed E-state index contributed by atoms with van der Waals surface area (Å²) in [5, 5.41) is 8.56. The molecule has 0 radical (unpaired) electrons. The van der Waals surface area contributed by atoms with Gasteiger partial charge >= 0.3 is 7.83 Å². The zero-order chi connectivity index (χ0) is 14.0. The molecule has 0 saturated heterocycles. The highest BCUT2D eigenvalue weighted by atomic mass is 19.2. The first-order valence-electron chi connectivity index (χ1n) is 5.26. The van der Waals surface area contributed by atoms with Crippen molar-refractivity contribution in [3.63, 3.8) is 0 Å². The fourth-order valence-corrected chi connectivity index (χ4v) is 1.14. The summed E-state index contributed by atoms with van der Waals surface area (Å²) >= 11 is 0. The standard InChI is InChI=1S/C12H11NO2.BF2H/c1-2-11(14)7-12(15)10-5-3-9(8-13)4-6-10;2-1-3/h3-6H,2,7H2,1H3;1H. The number of nitriles is 1. The van der Waals surface area contributed by atoms with Crippen molar-refractivity contribution >= 4 is 19.4 Å². The number of carbonyl (C=O) groups excluding carboxylic acids is 2. The van der Waals surface area contributed by atoms with Crippen LogP contribution in [0.1, 0.15) is 35.7 Å². The van der Waals surface area contributed by atoms with Gasteiger partial charge in [0.2, 0.25) is 0 Å². The molecule has 6 heteroatoms. The number of halogens is 2. The first kappa shape index (κ1) is 16.0. The summed E-state index contributed by atoms with van der Waals surface area (Å²) in [6.07, 6.45) is 0.324. The van der Waals surface area contributed by atoms with E-state index >= 15 is 0 Å². The van der Waals surface area contributed by atoms with Gasteiger partial charge in [0.1, 0.15) is 5.78 Å². The van der Waals surface area contributed by atoms with E-state index in [1.807, 2.05) is 6.07 Å². The molecule has 1 aromatic rings. The Bertz CT molecular complexity index is 440. The average molecular weight is 251 g/mol. The van der Waals surface area contributed by atoms with Gasteiger partial charge in [-0.3, -0.25) is 18.2 Å². The first-order valence-corrected chi connectivity index (χ1v) is 5.26. The molecule has 0 aromatic heterocycles. The summed E-state index contributed by atoms with van der Waals surface area (Å²) < 4.78 is 19.2. The molecule has 94 valence electrons. The molecule has 0 unspecified atom stereocenters. The lowest BCUT2D eigenvalue weighted by molar-refractivity contribution is -0.117. The normalized spacial score (nSPS) is 8.56. The van der Waals surface area contributed by atoms with E-state index in [0.717, 1.165) is 0 Å². The Morgan fingerprint density at radius 2 is 1.78 bits per heavy atom. The predicted octanol–water partition coefficient (Wildman–Crippen LogP) is 2.30. The van der Waals surface area contributed by atoms with Crippen molar-refractivity contribution in [3.05, 3.63) is 35.4 Å². The topological polar surface area (TPSA) is 57.9 Å². The highest BCUT2D eigenvalue weighted by Gasteiger charge is 2.09. The Balaban J connectivity index is 0.000000873. The van der Waals surface area contributed by atoms with E-state index in [-0.39, 0.29) is 18.0 Å². The molecule has 18 heavy (non-hydrogen) atoms. The van der Waals surface area contributed by atoms with Crippen LogP contribution in [0.5, 0.6) is 0 Å². The maximum atomic E-state index is 11.5. The Kier molecular flexibility index (Phi) is 8.03. The third kappa shape index (κ3) is 5.90. The molecule has 0 N–H and O–H groups in total. The number of Topliss-reactive ketones (excluding diaryl/α,β-unsaturated/α-hetero) is 2. The van der Waals surface area contributed by atoms with Gasteiger partial charge in [-0.2, -0.15) is 5.26 Å². The maximum absolute atomic E-state index is 11.5. The molecular formula is C12H12BF2NO2. The fraction of sp³-hybridized carbons (Fsp3) is 0.250. The second-order valence-electron chi connectivity index (χ2n) is 3.28. The largest absolute Gasteiger partial charge is 0.521 e. The molecule has 3 nitrogen and oxygen atoms in total. The van der Waals surface area contributed by atoms with Crippen LogP contribution < -0.4 is 0 Å². The van der Waals surface area contributed by atoms with Gasteiger partial charge in [0.05, 0.1) is 18.1 Å². The van der Waals surface area contributed by atoms with Crippen molar-refractivity contribution < 1.29 is 18.2 Å². The van der Waals surface area contributed by atoms with Gasteiger partial charge in [-0.15, -0.1) is 0 Å². The molecule has 0 spiro atoms. The zero-order valence-electron chi connectivity index (χ0n) is 9.95. The monoisotopic (exact) mass is 251 g/mol. The van der Waals surface area contributed by atoms with Crippen molar-refractivity contribution in [3.8, 4) is 6.07 Å². The highest BCUT2D eigenvalue weighted by molar-refractivity contribution is 6.15. The van der Waals surface area contributed by atoms with E-state index in [9.17, 15) is 18.2 Å². The summed E-state index contributed by atoms with van der Waals surface area (Å²) in [7, 11) is -1.75. The van der Waals surface area contributed by atoms with Crippen LogP contribution in [-0.4, -0.2) is 19.4 Å². The number of ketones is 2. The van der Waals surface area contributed by atoms with Crippen molar-refractivity contribution in [2.75, 3.05) is 0 Å². The van der Waals surface area contributed by atoms with Gasteiger partial charge in [-0.1, -0.05) is 19.1 Å². The van der Waals surface area contributed by atoms with Crippen LogP contribution in [0.15, 0.2) is 24.3 Å². The molecule has 0 fully saturated rings. The molecule has 0 saturated carbocycles. The van der Waals surface area contributed by atoms with E-state index in [1.54, 1.807) is 31.2 Å². The quantitative estimate of drug-likeness (QED) is 0.468. The molecule has 0 amide bonds. The van der Waals surface area contributed by atoms with Crippen molar-refractivity contribution in [2.24, 2.45) is 0 Å². The van der Waals surface area contributed by atoms with E-state index < -0.39 is 7.83 Å². The van der Waals surface area contributed by atoms with Gasteiger partial charge in [0, 0.05) is 12.0 Å². The number of carbonyl (C=O) groups is 2. The van der Waals surface area contributed by atoms with Gasteiger partial charge in [-0.05, 0) is 12.1 Å². The van der Waals surface area contributed by atoms with Crippen LogP contribution in [0.2, 0.25) is 0 Å². The van der Waals surface area contributed by atoms with Crippen LogP contribution in [-0.2, 0) is 4.79 Å². The van der Waals surface area contributed by atoms with E-state index in [4.69, 9.17) is 5.26 Å². The number of hydrogen-bond acceptors (Lipinski definition) is 3. The smallest absolute Gasteiger partial charge is 0.299 e. The van der Waals surface area contributed by atoms with Crippen molar-refractivity contribution in [1.82, 2.24) is 0 Å². The Labute approximate surface area is 105 Å². The van der Waals surface area contributed by atoms with E-state index in [1.165, 1.54) is 0 Å². The lowest BCUT2D eigenvalue weighted by atomic mass is 10.0. The fourth-order valence-electron chi connectivity index (χ4n) is 1.14. The third-order valence-electron chi connectivity index (χ3n) is 2.09. The Morgan fingerprint density at radius 1 is 1.28 bits per heavy atom. The van der Waals surface area contributed by atoms with Gasteiger partial charge in [0.25, 0.3) is 0 Å². The number of hydrogen-bond donors (Lipinski definition) is 0. The second-order valence-corrected chi connectivity index (χ2v) is 3.28. The van der Waals surface area contributed by atoms with Gasteiger partial charge in [0.15, 0.2) is 5.78 Å². The van der Waals surface area contributed by atoms with Crippen LogP contribution in [0.3, 0.4) is 0 Å². The number of benzene rings is 1. The molecule has 1 aromatic carbocycles. The first-order chi connectivity index (χ1) is 8.58. The second kappa shape index (κ2) is 9.05. The summed E-state index contributed by atoms with van der Waals surface area (Å²) in [5.74, 6) is -0.254. The minimum absolute atomic E-state index is 0.0532. The Morgan fingerprint density at radius 3 is 2.17 bits per heavy atom. The molecule has 0 aliphatic rings. The number of rotatable bonds is 4. The molecule has 1 rings (SSSR count). The SMILES string of the molecule is CCC(=O)CC(=O)c1ccc(C#N)cc1.FBF. The minimum atomic E-state index is -1.75. The average Bonchev–Trinajstić information content (AvgIpc) is 2.39. The summed E-state index contributed by atoms with van der Waals surface area (Å²) in [6.45, 7) is 1.73. The lowest BCUT2D eigenvalue weighted by Gasteiger charge is -1.98. The highest BCUT2D eigenvalue weighted by Crippen LogP contribution is 2.07. The molecular weight excluding hydrogens is 239 g/mol. The Hall–Kier alpha value is -2.03. The predicted molar refractivity (Wildman–Crippen MR) is 64.8 cm³/mol.